The molecule has 0 aromatic carbocycles. The van der Waals surface area contributed by atoms with Crippen molar-refractivity contribution in [1.29, 1.82) is 0 Å². The van der Waals surface area contributed by atoms with E-state index in [0.717, 1.165) is 39.3 Å². The van der Waals surface area contributed by atoms with Crippen LogP contribution in [-0.2, 0) is 19.1 Å². The van der Waals surface area contributed by atoms with Crippen molar-refractivity contribution >= 4 is 11.9 Å². The number of aliphatic carboxylic acids is 1. The molecule has 122 valence electrons. The van der Waals surface area contributed by atoms with Crippen molar-refractivity contribution in [2.75, 3.05) is 39.4 Å². The van der Waals surface area contributed by atoms with Gasteiger partial charge in [0.05, 0.1) is 31.3 Å². The number of carbonyl (C=O) groups is 2. The molecular weight excluding hydrogens is 288 g/mol. The number of carbonyl (C=O) groups excluding carboxylic acids is 1. The second-order valence-electron chi connectivity index (χ2n) is 5.94. The van der Waals surface area contributed by atoms with Crippen molar-refractivity contribution < 1.29 is 24.2 Å². The highest BCUT2D eigenvalue weighted by Gasteiger charge is 2.53. The zero-order valence-electron chi connectivity index (χ0n) is 12.4. The summed E-state index contributed by atoms with van der Waals surface area (Å²) in [6, 6.07) is 0. The van der Waals surface area contributed by atoms with Gasteiger partial charge in [0.15, 0.2) is 0 Å². The van der Waals surface area contributed by atoms with E-state index in [1.807, 2.05) is 0 Å². The quantitative estimate of drug-likeness (QED) is 0.507. The Morgan fingerprint density at radius 3 is 2.55 bits per heavy atom. The number of fused-ring (bicyclic) bond motifs is 2. The summed E-state index contributed by atoms with van der Waals surface area (Å²) in [7, 11) is 0. The third-order valence-corrected chi connectivity index (χ3v) is 4.54. The molecule has 2 N–H and O–H groups in total. The van der Waals surface area contributed by atoms with E-state index < -0.39 is 30.0 Å². The molecule has 0 aromatic rings. The topological polar surface area (TPSA) is 88.1 Å². The molecule has 2 bridgehead atoms. The number of hydrogen-bond donors (Lipinski definition) is 2. The molecule has 3 heterocycles. The minimum Gasteiger partial charge on any atom is -0.481 e. The van der Waals surface area contributed by atoms with Crippen LogP contribution in [0.15, 0.2) is 12.2 Å². The SMILES string of the molecule is O=C(NCCCN1CCOCC1)[C@@H]1[C@H](C(=O)O)[C@H]2C=C[C@H]1O2. The number of nitrogens with zero attached hydrogens (tertiary/aromatic N) is 1. The van der Waals surface area contributed by atoms with Gasteiger partial charge in [0.1, 0.15) is 5.92 Å². The summed E-state index contributed by atoms with van der Waals surface area (Å²) in [5.41, 5.74) is 0. The first-order valence-corrected chi connectivity index (χ1v) is 7.81. The lowest BCUT2D eigenvalue weighted by molar-refractivity contribution is -0.146. The van der Waals surface area contributed by atoms with Gasteiger partial charge in [0, 0.05) is 19.6 Å². The maximum Gasteiger partial charge on any atom is 0.310 e. The minimum absolute atomic E-state index is 0.216. The normalized spacial score (nSPS) is 34.0. The second-order valence-corrected chi connectivity index (χ2v) is 5.94. The smallest absolute Gasteiger partial charge is 0.310 e. The van der Waals surface area contributed by atoms with E-state index in [-0.39, 0.29) is 5.91 Å². The highest BCUT2D eigenvalue weighted by molar-refractivity contribution is 5.87. The maximum atomic E-state index is 12.3. The van der Waals surface area contributed by atoms with Crippen LogP contribution in [0.5, 0.6) is 0 Å². The van der Waals surface area contributed by atoms with Gasteiger partial charge in [-0.2, -0.15) is 0 Å². The lowest BCUT2D eigenvalue weighted by Gasteiger charge is -2.26. The molecular formula is C15H22N2O5. The van der Waals surface area contributed by atoms with Gasteiger partial charge in [-0.1, -0.05) is 12.2 Å². The van der Waals surface area contributed by atoms with Gasteiger partial charge in [-0.05, 0) is 13.0 Å². The number of carboxylic acids is 1. The molecule has 3 rings (SSSR count). The average Bonchev–Trinajstić information content (AvgIpc) is 3.13. The van der Waals surface area contributed by atoms with E-state index in [1.165, 1.54) is 0 Å². The number of rotatable bonds is 6. The summed E-state index contributed by atoms with van der Waals surface area (Å²) < 4.78 is 10.8. The number of ether oxygens (including phenoxy) is 2. The average molecular weight is 310 g/mol. The van der Waals surface area contributed by atoms with Crippen molar-refractivity contribution in [2.45, 2.75) is 18.6 Å². The van der Waals surface area contributed by atoms with Gasteiger partial charge in [0.2, 0.25) is 5.91 Å². The Morgan fingerprint density at radius 2 is 1.86 bits per heavy atom. The summed E-state index contributed by atoms with van der Waals surface area (Å²) in [6.07, 6.45) is 3.52. The van der Waals surface area contributed by atoms with E-state index in [4.69, 9.17) is 9.47 Å². The number of hydrogen-bond acceptors (Lipinski definition) is 5. The Hall–Kier alpha value is -1.44. The zero-order valence-corrected chi connectivity index (χ0v) is 12.4. The molecule has 2 saturated heterocycles. The highest BCUT2D eigenvalue weighted by Crippen LogP contribution is 2.39. The Morgan fingerprint density at radius 1 is 1.18 bits per heavy atom. The molecule has 0 aromatic heterocycles. The first kappa shape index (κ1) is 15.5. The Labute approximate surface area is 129 Å². The molecule has 3 aliphatic heterocycles. The molecule has 0 unspecified atom stereocenters. The molecule has 4 atom stereocenters. The van der Waals surface area contributed by atoms with Crippen LogP contribution in [0.25, 0.3) is 0 Å². The molecule has 3 aliphatic rings. The first-order valence-electron chi connectivity index (χ1n) is 7.81. The fourth-order valence-corrected chi connectivity index (χ4v) is 3.37. The maximum absolute atomic E-state index is 12.3. The fourth-order valence-electron chi connectivity index (χ4n) is 3.37. The van der Waals surface area contributed by atoms with Crippen molar-refractivity contribution in [1.82, 2.24) is 10.2 Å². The van der Waals surface area contributed by atoms with Crippen molar-refractivity contribution in [3.05, 3.63) is 12.2 Å². The van der Waals surface area contributed by atoms with E-state index >= 15 is 0 Å². The molecule has 22 heavy (non-hydrogen) atoms. The van der Waals surface area contributed by atoms with Crippen molar-refractivity contribution in [3.63, 3.8) is 0 Å². The highest BCUT2D eigenvalue weighted by atomic mass is 16.5. The largest absolute Gasteiger partial charge is 0.481 e. The molecule has 0 radical (unpaired) electrons. The van der Waals surface area contributed by atoms with E-state index in [1.54, 1.807) is 12.2 Å². The van der Waals surface area contributed by atoms with E-state index in [9.17, 15) is 14.7 Å². The summed E-state index contributed by atoms with van der Waals surface area (Å²) in [5.74, 6) is -2.57. The standard InChI is InChI=1S/C15H22N2O5/c18-14(16-4-1-5-17-6-8-21-9-7-17)12-10-2-3-11(22-10)13(12)15(19)20/h2-3,10-13H,1,4-9H2,(H,16,18)(H,19,20)/t10-,11-,12+,13-/m1/s1. The van der Waals surface area contributed by atoms with Crippen LogP contribution >= 0.6 is 0 Å². The number of amides is 1. The van der Waals surface area contributed by atoms with Crippen LogP contribution in [0.2, 0.25) is 0 Å². The Kier molecular flexibility index (Phi) is 4.75. The van der Waals surface area contributed by atoms with Gasteiger partial charge < -0.3 is 19.9 Å². The molecule has 0 saturated carbocycles. The van der Waals surface area contributed by atoms with E-state index in [0.29, 0.717) is 6.54 Å². The number of nitrogens with one attached hydrogen (secondary N) is 1. The van der Waals surface area contributed by atoms with Gasteiger partial charge in [-0.25, -0.2) is 0 Å². The predicted octanol–water partition coefficient (Wildman–Crippen LogP) is -0.521. The minimum atomic E-state index is -0.967. The third kappa shape index (κ3) is 3.16. The van der Waals surface area contributed by atoms with Crippen molar-refractivity contribution in [3.8, 4) is 0 Å². The van der Waals surface area contributed by atoms with Gasteiger partial charge in [-0.3, -0.25) is 14.5 Å². The number of morpholine rings is 1. The molecule has 7 nitrogen and oxygen atoms in total. The van der Waals surface area contributed by atoms with Gasteiger partial charge in [-0.15, -0.1) is 0 Å². The van der Waals surface area contributed by atoms with Crippen LogP contribution in [0.3, 0.4) is 0 Å². The number of carboxylic acid groups (broad SMARTS) is 1. The van der Waals surface area contributed by atoms with Crippen LogP contribution in [0.4, 0.5) is 0 Å². The van der Waals surface area contributed by atoms with E-state index in [2.05, 4.69) is 10.2 Å². The molecule has 0 spiro atoms. The molecule has 2 fully saturated rings. The molecule has 7 heteroatoms. The second kappa shape index (κ2) is 6.76. The third-order valence-electron chi connectivity index (χ3n) is 4.54. The predicted molar refractivity (Wildman–Crippen MR) is 77.3 cm³/mol. The van der Waals surface area contributed by atoms with Crippen LogP contribution in [-0.4, -0.2) is 73.5 Å². The lowest BCUT2D eigenvalue weighted by atomic mass is 9.82. The molecule has 1 amide bonds. The fraction of sp³-hybridized carbons (Fsp3) is 0.733. The summed E-state index contributed by atoms with van der Waals surface area (Å²) >= 11 is 0. The van der Waals surface area contributed by atoms with Crippen molar-refractivity contribution in [2.24, 2.45) is 11.8 Å². The van der Waals surface area contributed by atoms with Crippen LogP contribution < -0.4 is 5.32 Å². The first-order chi connectivity index (χ1) is 10.7. The molecule has 0 aliphatic carbocycles. The monoisotopic (exact) mass is 310 g/mol. The summed E-state index contributed by atoms with van der Waals surface area (Å²) in [5, 5.41) is 12.1. The zero-order chi connectivity index (χ0) is 15.5. The summed E-state index contributed by atoms with van der Waals surface area (Å²) in [6.45, 7) is 4.86. The summed E-state index contributed by atoms with van der Waals surface area (Å²) in [4.78, 5) is 25.9. The van der Waals surface area contributed by atoms with Gasteiger partial charge >= 0.3 is 5.97 Å². The lowest BCUT2D eigenvalue weighted by Crippen LogP contribution is -2.43. The Balaban J connectivity index is 1.43. The van der Waals surface area contributed by atoms with Gasteiger partial charge in [0.25, 0.3) is 0 Å². The van der Waals surface area contributed by atoms with Crippen LogP contribution in [0.1, 0.15) is 6.42 Å². The van der Waals surface area contributed by atoms with Crippen LogP contribution in [0, 0.1) is 11.8 Å². The Bertz CT molecular complexity index is 461.